The molecule has 2 N–H and O–H groups in total. The molecule has 0 aromatic heterocycles. The number of hydrogen-bond donors (Lipinski definition) is 2. The fourth-order valence-corrected chi connectivity index (χ4v) is 4.07. The van der Waals surface area contributed by atoms with Gasteiger partial charge in [-0.15, -0.1) is 0 Å². The Morgan fingerprint density at radius 3 is 2.21 bits per heavy atom. The molecule has 0 saturated carbocycles. The molecular formula is C23H33ClN4O+2. The number of benzene rings is 2. The molecule has 0 radical (unpaired) electrons. The van der Waals surface area contributed by atoms with E-state index < -0.39 is 0 Å². The molecule has 3 rings (SSSR count). The standard InChI is InChI=1S/C23H31ClN4O/c1-25(2)22-9-7-19(8-10-22)16-26(3)23(29)18-28-13-11-27(12-14-28)17-20-5-4-6-21(24)15-20/h4-10,15H,11-14,16-18H2,1-3H3/p+2. The molecule has 0 unspecified atom stereocenters. The maximum atomic E-state index is 12.7. The third-order valence-corrected chi connectivity index (χ3v) is 5.94. The highest BCUT2D eigenvalue weighted by atomic mass is 35.5. The van der Waals surface area contributed by atoms with Crippen LogP contribution in [0.1, 0.15) is 11.1 Å². The largest absolute Gasteiger partial charge is 0.378 e. The summed E-state index contributed by atoms with van der Waals surface area (Å²) in [5.74, 6) is 0.218. The van der Waals surface area contributed by atoms with Crippen molar-refractivity contribution in [2.24, 2.45) is 0 Å². The summed E-state index contributed by atoms with van der Waals surface area (Å²) in [5, 5.41) is 0.802. The van der Waals surface area contributed by atoms with Gasteiger partial charge >= 0.3 is 0 Å². The second-order valence-corrected chi connectivity index (χ2v) is 8.73. The van der Waals surface area contributed by atoms with E-state index in [0.29, 0.717) is 13.1 Å². The first-order valence-corrected chi connectivity index (χ1v) is 10.7. The van der Waals surface area contributed by atoms with E-state index in [1.807, 2.05) is 38.2 Å². The summed E-state index contributed by atoms with van der Waals surface area (Å²) in [4.78, 5) is 19.6. The van der Waals surface area contributed by atoms with E-state index in [9.17, 15) is 4.79 Å². The van der Waals surface area contributed by atoms with Crippen LogP contribution in [0.2, 0.25) is 5.02 Å². The molecule has 1 fully saturated rings. The summed E-state index contributed by atoms with van der Waals surface area (Å²) in [6.07, 6.45) is 0. The Balaban J connectivity index is 1.42. The fraction of sp³-hybridized carbons (Fsp3) is 0.435. The van der Waals surface area contributed by atoms with Gasteiger partial charge in [-0.3, -0.25) is 4.79 Å². The van der Waals surface area contributed by atoms with Crippen molar-refractivity contribution in [1.29, 1.82) is 0 Å². The highest BCUT2D eigenvalue weighted by Crippen LogP contribution is 2.13. The zero-order valence-electron chi connectivity index (χ0n) is 17.7. The van der Waals surface area contributed by atoms with Crippen LogP contribution in [-0.4, -0.2) is 64.7 Å². The summed E-state index contributed by atoms with van der Waals surface area (Å²) in [5.41, 5.74) is 3.62. The van der Waals surface area contributed by atoms with E-state index in [-0.39, 0.29) is 5.91 Å². The van der Waals surface area contributed by atoms with Crippen LogP contribution in [0.15, 0.2) is 48.5 Å². The summed E-state index contributed by atoms with van der Waals surface area (Å²) in [6, 6.07) is 16.5. The van der Waals surface area contributed by atoms with Gasteiger partial charge in [-0.1, -0.05) is 35.9 Å². The molecular weight excluding hydrogens is 384 g/mol. The third-order valence-electron chi connectivity index (χ3n) is 5.71. The van der Waals surface area contributed by atoms with Gasteiger partial charge < -0.3 is 19.6 Å². The number of piperazine rings is 1. The molecule has 0 atom stereocenters. The first kappa shape index (κ1) is 21.6. The number of nitrogens with zero attached hydrogens (tertiary/aromatic N) is 2. The number of nitrogens with one attached hydrogen (secondary N) is 2. The molecule has 1 aliphatic rings. The molecule has 29 heavy (non-hydrogen) atoms. The summed E-state index contributed by atoms with van der Waals surface area (Å²) in [7, 11) is 5.97. The Morgan fingerprint density at radius 2 is 1.59 bits per heavy atom. The Hall–Kier alpha value is -2.08. The molecule has 1 amide bonds. The summed E-state index contributed by atoms with van der Waals surface area (Å²) < 4.78 is 0. The van der Waals surface area contributed by atoms with Crippen molar-refractivity contribution < 1.29 is 14.6 Å². The number of carbonyl (C=O) groups is 1. The van der Waals surface area contributed by atoms with Crippen LogP contribution in [0, 0.1) is 0 Å². The highest BCUT2D eigenvalue weighted by Gasteiger charge is 2.26. The normalized spacial score (nSPS) is 19.0. The number of hydrogen-bond acceptors (Lipinski definition) is 2. The Labute approximate surface area is 179 Å². The van der Waals surface area contributed by atoms with Crippen molar-refractivity contribution in [2.75, 3.05) is 58.8 Å². The first-order chi connectivity index (χ1) is 13.9. The monoisotopic (exact) mass is 416 g/mol. The van der Waals surface area contributed by atoms with Crippen molar-refractivity contribution in [2.45, 2.75) is 13.1 Å². The van der Waals surface area contributed by atoms with Gasteiger partial charge in [-0.05, 0) is 29.8 Å². The average molecular weight is 417 g/mol. The Morgan fingerprint density at radius 1 is 0.931 bits per heavy atom. The quantitative estimate of drug-likeness (QED) is 0.682. The van der Waals surface area contributed by atoms with Gasteiger partial charge in [0.1, 0.15) is 32.7 Å². The lowest BCUT2D eigenvalue weighted by Crippen LogP contribution is -3.28. The van der Waals surface area contributed by atoms with Crippen molar-refractivity contribution >= 4 is 23.2 Å². The highest BCUT2D eigenvalue weighted by molar-refractivity contribution is 6.30. The van der Waals surface area contributed by atoms with E-state index in [4.69, 9.17) is 11.6 Å². The van der Waals surface area contributed by atoms with Crippen LogP contribution in [-0.2, 0) is 17.9 Å². The number of quaternary nitrogens is 2. The average Bonchev–Trinajstić information content (AvgIpc) is 2.70. The lowest BCUT2D eigenvalue weighted by atomic mass is 10.2. The van der Waals surface area contributed by atoms with Crippen LogP contribution in [0.5, 0.6) is 0 Å². The van der Waals surface area contributed by atoms with E-state index >= 15 is 0 Å². The van der Waals surface area contributed by atoms with Crippen LogP contribution in [0.4, 0.5) is 5.69 Å². The predicted molar refractivity (Wildman–Crippen MR) is 119 cm³/mol. The minimum atomic E-state index is 0.218. The smallest absolute Gasteiger partial charge is 0.277 e. The summed E-state index contributed by atoms with van der Waals surface area (Å²) in [6.45, 7) is 6.49. The molecule has 2 aromatic rings. The van der Waals surface area contributed by atoms with Crippen molar-refractivity contribution in [3.8, 4) is 0 Å². The van der Waals surface area contributed by atoms with E-state index in [1.54, 1.807) is 4.90 Å². The van der Waals surface area contributed by atoms with E-state index in [0.717, 1.165) is 43.3 Å². The lowest BCUT2D eigenvalue weighted by molar-refractivity contribution is -1.02. The third kappa shape index (κ3) is 6.46. The fourth-order valence-electron chi connectivity index (χ4n) is 3.86. The van der Waals surface area contributed by atoms with Crippen molar-refractivity contribution in [3.05, 3.63) is 64.7 Å². The number of anilines is 1. The second-order valence-electron chi connectivity index (χ2n) is 8.29. The SMILES string of the molecule is CN(Cc1ccc(N(C)C)cc1)C(=O)C[NH+]1CC[NH+](Cc2cccc(Cl)c2)CC1. The number of carbonyl (C=O) groups excluding carboxylic acids is 1. The van der Waals surface area contributed by atoms with Crippen molar-refractivity contribution in [3.63, 3.8) is 0 Å². The molecule has 0 aliphatic carbocycles. The second kappa shape index (κ2) is 10.1. The molecule has 6 heteroatoms. The number of likely N-dealkylation sites (N-methyl/N-ethyl adjacent to an activating group) is 1. The molecule has 1 heterocycles. The molecule has 5 nitrogen and oxygen atoms in total. The lowest BCUT2D eigenvalue weighted by Gasteiger charge is -2.30. The first-order valence-electron chi connectivity index (χ1n) is 10.3. The predicted octanol–water partition coefficient (Wildman–Crippen LogP) is 0.348. The maximum absolute atomic E-state index is 12.7. The Bertz CT molecular complexity index is 801. The topological polar surface area (TPSA) is 32.4 Å². The maximum Gasteiger partial charge on any atom is 0.277 e. The minimum absolute atomic E-state index is 0.218. The van der Waals surface area contributed by atoms with Gasteiger partial charge in [-0.2, -0.15) is 0 Å². The van der Waals surface area contributed by atoms with E-state index in [1.165, 1.54) is 16.2 Å². The van der Waals surface area contributed by atoms with Crippen LogP contribution in [0.25, 0.3) is 0 Å². The molecule has 0 bridgehead atoms. The minimum Gasteiger partial charge on any atom is -0.378 e. The molecule has 0 spiro atoms. The van der Waals surface area contributed by atoms with Gasteiger partial charge in [0.15, 0.2) is 6.54 Å². The van der Waals surface area contributed by atoms with E-state index in [2.05, 4.69) is 41.3 Å². The number of rotatable bonds is 7. The van der Waals surface area contributed by atoms with Gasteiger partial charge in [0.2, 0.25) is 0 Å². The van der Waals surface area contributed by atoms with Gasteiger partial charge in [0.05, 0.1) is 0 Å². The zero-order valence-corrected chi connectivity index (χ0v) is 18.5. The van der Waals surface area contributed by atoms with Crippen LogP contribution in [0.3, 0.4) is 0 Å². The molecule has 1 aliphatic heterocycles. The number of halogens is 1. The van der Waals surface area contributed by atoms with Crippen molar-refractivity contribution in [1.82, 2.24) is 4.90 Å². The molecule has 156 valence electrons. The molecule has 1 saturated heterocycles. The number of amides is 1. The molecule has 2 aromatic carbocycles. The van der Waals surface area contributed by atoms with Gasteiger partial charge in [0, 0.05) is 44.0 Å². The van der Waals surface area contributed by atoms with Gasteiger partial charge in [0.25, 0.3) is 5.91 Å². The van der Waals surface area contributed by atoms with Crippen LogP contribution < -0.4 is 14.7 Å². The van der Waals surface area contributed by atoms with Gasteiger partial charge in [-0.25, -0.2) is 0 Å². The zero-order chi connectivity index (χ0) is 20.8. The summed E-state index contributed by atoms with van der Waals surface area (Å²) >= 11 is 6.09. The van der Waals surface area contributed by atoms with Crippen LogP contribution >= 0.6 is 11.6 Å². The Kier molecular flexibility index (Phi) is 7.53.